The third kappa shape index (κ3) is 1.30. The molecule has 1 aromatic carbocycles. The van der Waals surface area contributed by atoms with E-state index in [0.717, 1.165) is 18.9 Å². The average molecular weight is 201 g/mol. The van der Waals surface area contributed by atoms with E-state index in [9.17, 15) is 13.2 Å². The van der Waals surface area contributed by atoms with E-state index in [2.05, 4.69) is 5.32 Å². The number of nitrogens with one attached hydrogen (secondary N) is 1. The Kier molecular flexibility index (Phi) is 2.03. The van der Waals surface area contributed by atoms with Gasteiger partial charge in [0.2, 0.25) is 0 Å². The Bertz CT molecular complexity index is 372. The van der Waals surface area contributed by atoms with E-state index in [1.807, 2.05) is 0 Å². The Morgan fingerprint density at radius 3 is 2.14 bits per heavy atom. The first-order valence-corrected chi connectivity index (χ1v) is 4.43. The summed E-state index contributed by atoms with van der Waals surface area (Å²) in [6, 6.07) is 1.54. The number of benzene rings is 1. The van der Waals surface area contributed by atoms with Gasteiger partial charge in [-0.15, -0.1) is 0 Å². The van der Waals surface area contributed by atoms with Crippen LogP contribution >= 0.6 is 0 Å². The van der Waals surface area contributed by atoms with Crippen LogP contribution in [0.4, 0.5) is 13.2 Å². The summed E-state index contributed by atoms with van der Waals surface area (Å²) < 4.78 is 38.8. The van der Waals surface area contributed by atoms with Crippen LogP contribution in [0.1, 0.15) is 18.4 Å². The lowest BCUT2D eigenvalue weighted by Crippen LogP contribution is -2.26. The van der Waals surface area contributed by atoms with Gasteiger partial charge in [-0.3, -0.25) is 0 Å². The minimum absolute atomic E-state index is 0.221. The molecular weight excluding hydrogens is 191 g/mol. The van der Waals surface area contributed by atoms with Crippen molar-refractivity contribution in [2.75, 3.05) is 7.05 Å². The van der Waals surface area contributed by atoms with Crippen LogP contribution in [0, 0.1) is 17.5 Å². The molecule has 1 N–H and O–H groups in total. The van der Waals surface area contributed by atoms with E-state index in [-0.39, 0.29) is 5.56 Å². The van der Waals surface area contributed by atoms with E-state index in [4.69, 9.17) is 0 Å². The summed E-state index contributed by atoms with van der Waals surface area (Å²) in [6.07, 6.45) is 1.51. The van der Waals surface area contributed by atoms with Crippen LogP contribution < -0.4 is 5.32 Å². The second kappa shape index (κ2) is 2.98. The van der Waals surface area contributed by atoms with Gasteiger partial charge in [0.15, 0.2) is 11.6 Å². The van der Waals surface area contributed by atoms with Crippen LogP contribution in [0.25, 0.3) is 0 Å². The molecule has 0 heterocycles. The van der Waals surface area contributed by atoms with Crippen molar-refractivity contribution in [3.8, 4) is 0 Å². The Hall–Kier alpha value is -1.03. The first-order chi connectivity index (χ1) is 6.59. The fraction of sp³-hybridized carbons (Fsp3) is 0.400. The minimum atomic E-state index is -1.14. The van der Waals surface area contributed by atoms with Gasteiger partial charge < -0.3 is 5.32 Å². The van der Waals surface area contributed by atoms with Gasteiger partial charge in [0.25, 0.3) is 0 Å². The van der Waals surface area contributed by atoms with Crippen molar-refractivity contribution in [3.63, 3.8) is 0 Å². The van der Waals surface area contributed by atoms with Gasteiger partial charge >= 0.3 is 0 Å². The first kappa shape index (κ1) is 9.52. The predicted molar refractivity (Wildman–Crippen MR) is 46.3 cm³/mol. The molecule has 0 amide bonds. The molecule has 1 saturated carbocycles. The van der Waals surface area contributed by atoms with E-state index < -0.39 is 23.0 Å². The standard InChI is InChI=1S/C10H10F3N/c1-14-10(2-3-10)6-4-8(12)9(13)5-7(6)11/h4-5,14H,2-3H2,1H3. The molecule has 0 bridgehead atoms. The van der Waals surface area contributed by atoms with Gasteiger partial charge in [0.05, 0.1) is 0 Å². The summed E-state index contributed by atoms with van der Waals surface area (Å²) in [5.41, 5.74) is -0.252. The van der Waals surface area contributed by atoms with Crippen molar-refractivity contribution in [2.24, 2.45) is 0 Å². The molecule has 0 unspecified atom stereocenters. The Labute approximate surface area is 79.9 Å². The maximum Gasteiger partial charge on any atom is 0.161 e. The predicted octanol–water partition coefficient (Wildman–Crippen LogP) is 2.31. The zero-order valence-corrected chi connectivity index (χ0v) is 7.70. The zero-order valence-electron chi connectivity index (χ0n) is 7.70. The molecule has 76 valence electrons. The topological polar surface area (TPSA) is 12.0 Å². The second-order valence-electron chi connectivity index (χ2n) is 3.58. The molecule has 4 heteroatoms. The number of hydrogen-bond acceptors (Lipinski definition) is 1. The molecule has 1 nitrogen and oxygen atoms in total. The van der Waals surface area contributed by atoms with Gasteiger partial charge in [-0.1, -0.05) is 0 Å². The summed E-state index contributed by atoms with van der Waals surface area (Å²) >= 11 is 0. The van der Waals surface area contributed by atoms with E-state index in [1.165, 1.54) is 0 Å². The molecule has 14 heavy (non-hydrogen) atoms. The zero-order chi connectivity index (χ0) is 10.3. The average Bonchev–Trinajstić information content (AvgIpc) is 2.92. The van der Waals surface area contributed by atoms with Crippen molar-refractivity contribution >= 4 is 0 Å². The Morgan fingerprint density at radius 1 is 1.07 bits per heavy atom. The summed E-state index contributed by atoms with van der Waals surface area (Å²) in [5, 5.41) is 2.93. The third-order valence-corrected chi connectivity index (χ3v) is 2.75. The highest BCUT2D eigenvalue weighted by atomic mass is 19.2. The minimum Gasteiger partial charge on any atom is -0.310 e. The molecule has 0 radical (unpaired) electrons. The number of halogens is 3. The summed E-state index contributed by atoms with van der Waals surface area (Å²) in [4.78, 5) is 0. The van der Waals surface area contributed by atoms with Gasteiger partial charge in [0.1, 0.15) is 5.82 Å². The first-order valence-electron chi connectivity index (χ1n) is 4.43. The molecule has 0 saturated heterocycles. The molecule has 1 aliphatic carbocycles. The highest BCUT2D eigenvalue weighted by Crippen LogP contribution is 2.46. The lowest BCUT2D eigenvalue weighted by atomic mass is 10.0. The van der Waals surface area contributed by atoms with Crippen LogP contribution in [0.5, 0.6) is 0 Å². The van der Waals surface area contributed by atoms with Gasteiger partial charge in [-0.2, -0.15) is 0 Å². The van der Waals surface area contributed by atoms with Crippen molar-refractivity contribution < 1.29 is 13.2 Å². The van der Waals surface area contributed by atoms with Crippen LogP contribution in [0.3, 0.4) is 0 Å². The van der Waals surface area contributed by atoms with Crippen LogP contribution in [0.15, 0.2) is 12.1 Å². The molecular formula is C10H10F3N. The largest absolute Gasteiger partial charge is 0.310 e. The summed E-state index contributed by atoms with van der Waals surface area (Å²) in [7, 11) is 1.69. The molecule has 0 atom stereocenters. The smallest absolute Gasteiger partial charge is 0.161 e. The molecule has 1 aromatic rings. The number of rotatable bonds is 2. The van der Waals surface area contributed by atoms with E-state index >= 15 is 0 Å². The van der Waals surface area contributed by atoms with Crippen molar-refractivity contribution in [2.45, 2.75) is 18.4 Å². The fourth-order valence-corrected chi connectivity index (χ4v) is 1.67. The van der Waals surface area contributed by atoms with E-state index in [1.54, 1.807) is 7.05 Å². The molecule has 2 rings (SSSR count). The van der Waals surface area contributed by atoms with Gasteiger partial charge in [-0.05, 0) is 26.0 Å². The highest BCUT2D eigenvalue weighted by Gasteiger charge is 2.45. The Balaban J connectivity index is 2.49. The monoisotopic (exact) mass is 201 g/mol. The van der Waals surface area contributed by atoms with Crippen molar-refractivity contribution in [1.29, 1.82) is 0 Å². The van der Waals surface area contributed by atoms with Gasteiger partial charge in [-0.25, -0.2) is 13.2 Å². The SMILES string of the molecule is CNC1(c2cc(F)c(F)cc2F)CC1. The normalized spacial score (nSPS) is 18.3. The fourth-order valence-electron chi connectivity index (χ4n) is 1.67. The summed E-state index contributed by atoms with van der Waals surface area (Å²) in [6.45, 7) is 0. The summed E-state index contributed by atoms with van der Waals surface area (Å²) in [5.74, 6) is -2.82. The van der Waals surface area contributed by atoms with Crippen LogP contribution in [0.2, 0.25) is 0 Å². The maximum atomic E-state index is 13.3. The van der Waals surface area contributed by atoms with Crippen LogP contribution in [-0.4, -0.2) is 7.05 Å². The molecule has 1 aliphatic rings. The molecule has 0 aromatic heterocycles. The Morgan fingerprint density at radius 2 is 1.64 bits per heavy atom. The lowest BCUT2D eigenvalue weighted by molar-refractivity contribution is 0.470. The molecule has 0 spiro atoms. The molecule has 1 fully saturated rings. The van der Waals surface area contributed by atoms with Crippen molar-refractivity contribution in [1.82, 2.24) is 5.32 Å². The molecule has 0 aliphatic heterocycles. The highest BCUT2D eigenvalue weighted by molar-refractivity contribution is 5.32. The van der Waals surface area contributed by atoms with Crippen LogP contribution in [-0.2, 0) is 5.54 Å². The third-order valence-electron chi connectivity index (χ3n) is 2.75. The quantitative estimate of drug-likeness (QED) is 0.724. The lowest BCUT2D eigenvalue weighted by Gasteiger charge is -2.15. The maximum absolute atomic E-state index is 13.3. The van der Waals surface area contributed by atoms with Gasteiger partial charge in [0, 0.05) is 17.2 Å². The number of hydrogen-bond donors (Lipinski definition) is 1. The van der Waals surface area contributed by atoms with Crippen molar-refractivity contribution in [3.05, 3.63) is 35.1 Å². The second-order valence-corrected chi connectivity index (χ2v) is 3.58. The van der Waals surface area contributed by atoms with E-state index in [0.29, 0.717) is 6.07 Å².